The Morgan fingerprint density at radius 3 is 1.69 bits per heavy atom. The van der Waals surface area contributed by atoms with Crippen molar-refractivity contribution in [3.05, 3.63) is 12.2 Å². The Hall–Kier alpha value is -1.36. The number of fused-ring (bicyclic) bond motifs is 2. The van der Waals surface area contributed by atoms with Crippen LogP contribution in [0.4, 0.5) is 0 Å². The number of rotatable bonds is 2. The number of carbonyl (C=O) groups is 2. The SMILES string of the molecule is O=C(O)[C@@H]1[C@H](C(=O)O)[C@H]2C=C[C@H]1O2. The molecule has 13 heavy (non-hydrogen) atoms. The van der Waals surface area contributed by atoms with E-state index >= 15 is 0 Å². The summed E-state index contributed by atoms with van der Waals surface area (Å²) in [4.78, 5) is 21.5. The molecule has 1 fully saturated rings. The molecule has 0 aliphatic carbocycles. The number of hydrogen-bond donors (Lipinski definition) is 2. The molecule has 0 radical (unpaired) electrons. The molecule has 2 bridgehead atoms. The molecule has 70 valence electrons. The first-order valence-electron chi connectivity index (χ1n) is 3.90. The Morgan fingerprint density at radius 2 is 1.38 bits per heavy atom. The summed E-state index contributed by atoms with van der Waals surface area (Å²) >= 11 is 0. The fourth-order valence-corrected chi connectivity index (χ4v) is 1.90. The molecule has 2 aliphatic rings. The zero-order valence-electron chi connectivity index (χ0n) is 6.58. The summed E-state index contributed by atoms with van der Waals surface area (Å²) in [5.74, 6) is -4.09. The van der Waals surface area contributed by atoms with Crippen LogP contribution in [-0.4, -0.2) is 34.4 Å². The van der Waals surface area contributed by atoms with Gasteiger partial charge in [0.25, 0.3) is 0 Å². The van der Waals surface area contributed by atoms with Gasteiger partial charge in [-0.2, -0.15) is 0 Å². The third-order valence-corrected chi connectivity index (χ3v) is 2.47. The molecule has 1 saturated heterocycles. The van der Waals surface area contributed by atoms with E-state index in [1.54, 1.807) is 12.2 Å². The van der Waals surface area contributed by atoms with Crippen LogP contribution < -0.4 is 0 Å². The van der Waals surface area contributed by atoms with Gasteiger partial charge in [-0.3, -0.25) is 9.59 Å². The van der Waals surface area contributed by atoms with Gasteiger partial charge in [0.2, 0.25) is 0 Å². The molecular formula is C8H8O5. The van der Waals surface area contributed by atoms with Crippen LogP contribution in [0.1, 0.15) is 0 Å². The molecule has 2 aliphatic heterocycles. The second kappa shape index (κ2) is 2.56. The van der Waals surface area contributed by atoms with Crippen LogP contribution in [0.15, 0.2) is 12.2 Å². The summed E-state index contributed by atoms with van der Waals surface area (Å²) in [6.07, 6.45) is 2.10. The van der Waals surface area contributed by atoms with Crippen molar-refractivity contribution in [2.75, 3.05) is 0 Å². The minimum atomic E-state index is -1.11. The molecule has 0 saturated carbocycles. The van der Waals surface area contributed by atoms with Crippen molar-refractivity contribution in [1.29, 1.82) is 0 Å². The average Bonchev–Trinajstić information content (AvgIpc) is 2.60. The van der Waals surface area contributed by atoms with Gasteiger partial charge in [0.05, 0.1) is 12.2 Å². The zero-order chi connectivity index (χ0) is 9.59. The number of carboxylic acid groups (broad SMARTS) is 2. The standard InChI is InChI=1S/C8H8O5/c9-7(10)5-3-1-2-4(13-3)6(5)8(11)12/h1-6H,(H,9,10)(H,11,12)/t3-,4-,5-,6+/m1/s1. The van der Waals surface area contributed by atoms with Crippen LogP contribution >= 0.6 is 0 Å². The van der Waals surface area contributed by atoms with Crippen LogP contribution in [0.5, 0.6) is 0 Å². The Balaban J connectivity index is 2.30. The van der Waals surface area contributed by atoms with E-state index in [0.29, 0.717) is 0 Å². The third-order valence-electron chi connectivity index (χ3n) is 2.47. The molecule has 2 heterocycles. The monoisotopic (exact) mass is 184 g/mol. The largest absolute Gasteiger partial charge is 0.481 e. The lowest BCUT2D eigenvalue weighted by Crippen LogP contribution is -2.36. The first kappa shape index (κ1) is 8.25. The molecule has 0 spiro atoms. The first-order valence-corrected chi connectivity index (χ1v) is 3.90. The highest BCUT2D eigenvalue weighted by atomic mass is 16.5. The van der Waals surface area contributed by atoms with Gasteiger partial charge in [-0.1, -0.05) is 12.2 Å². The minimum Gasteiger partial charge on any atom is -0.481 e. The van der Waals surface area contributed by atoms with Crippen molar-refractivity contribution in [1.82, 2.24) is 0 Å². The number of hydrogen-bond acceptors (Lipinski definition) is 3. The lowest BCUT2D eigenvalue weighted by molar-refractivity contribution is -0.152. The van der Waals surface area contributed by atoms with Crippen molar-refractivity contribution in [3.8, 4) is 0 Å². The highest BCUT2D eigenvalue weighted by Crippen LogP contribution is 2.39. The highest BCUT2D eigenvalue weighted by Gasteiger charge is 2.53. The van der Waals surface area contributed by atoms with Crippen molar-refractivity contribution >= 4 is 11.9 Å². The molecule has 2 rings (SSSR count). The predicted molar refractivity (Wildman–Crippen MR) is 40.1 cm³/mol. The topological polar surface area (TPSA) is 83.8 Å². The summed E-state index contributed by atoms with van der Waals surface area (Å²) in [7, 11) is 0. The fraction of sp³-hybridized carbons (Fsp3) is 0.500. The van der Waals surface area contributed by atoms with Crippen molar-refractivity contribution in [2.24, 2.45) is 11.8 Å². The minimum absolute atomic E-state index is 0.566. The summed E-state index contributed by atoms with van der Waals surface area (Å²) in [5, 5.41) is 17.6. The molecule has 5 heteroatoms. The molecule has 0 aromatic carbocycles. The van der Waals surface area contributed by atoms with Crippen LogP contribution in [0.2, 0.25) is 0 Å². The molecule has 0 amide bonds. The van der Waals surface area contributed by atoms with E-state index in [9.17, 15) is 9.59 Å². The van der Waals surface area contributed by atoms with Gasteiger partial charge >= 0.3 is 11.9 Å². The molecule has 2 N–H and O–H groups in total. The van der Waals surface area contributed by atoms with E-state index in [2.05, 4.69) is 0 Å². The van der Waals surface area contributed by atoms with Gasteiger partial charge < -0.3 is 14.9 Å². The molecular weight excluding hydrogens is 176 g/mol. The summed E-state index contributed by atoms with van der Waals surface area (Å²) < 4.78 is 5.15. The summed E-state index contributed by atoms with van der Waals surface area (Å²) in [6.45, 7) is 0. The van der Waals surface area contributed by atoms with E-state index in [4.69, 9.17) is 14.9 Å². The lowest BCUT2D eigenvalue weighted by atomic mass is 9.83. The maximum absolute atomic E-state index is 10.7. The van der Waals surface area contributed by atoms with Crippen LogP contribution in [0.25, 0.3) is 0 Å². The molecule has 5 nitrogen and oxygen atoms in total. The third kappa shape index (κ3) is 1.04. The van der Waals surface area contributed by atoms with E-state index in [-0.39, 0.29) is 0 Å². The van der Waals surface area contributed by atoms with Gasteiger partial charge in [-0.05, 0) is 0 Å². The number of aliphatic carboxylic acids is 2. The van der Waals surface area contributed by atoms with E-state index in [0.717, 1.165) is 0 Å². The highest BCUT2D eigenvalue weighted by molar-refractivity contribution is 5.82. The number of carboxylic acids is 2. The quantitative estimate of drug-likeness (QED) is 0.577. The molecule has 0 aromatic heterocycles. The summed E-state index contributed by atoms with van der Waals surface area (Å²) in [5.41, 5.74) is 0. The first-order chi connectivity index (χ1) is 6.11. The Morgan fingerprint density at radius 1 is 1.00 bits per heavy atom. The Bertz CT molecular complexity index is 267. The van der Waals surface area contributed by atoms with Gasteiger partial charge in [-0.15, -0.1) is 0 Å². The Kier molecular flexibility index (Phi) is 1.63. The normalized spacial score (nSPS) is 40.9. The maximum atomic E-state index is 10.7. The smallest absolute Gasteiger partial charge is 0.310 e. The van der Waals surface area contributed by atoms with Gasteiger partial charge in [0.1, 0.15) is 11.8 Å². The van der Waals surface area contributed by atoms with Gasteiger partial charge in [0.15, 0.2) is 0 Å². The van der Waals surface area contributed by atoms with E-state index in [1.165, 1.54) is 0 Å². The van der Waals surface area contributed by atoms with Crippen molar-refractivity contribution in [3.63, 3.8) is 0 Å². The average molecular weight is 184 g/mol. The molecule has 4 atom stereocenters. The zero-order valence-corrected chi connectivity index (χ0v) is 6.58. The second-order valence-electron chi connectivity index (χ2n) is 3.18. The molecule has 0 aromatic rings. The Labute approximate surface area is 73.6 Å². The van der Waals surface area contributed by atoms with E-state index < -0.39 is 36.0 Å². The fourth-order valence-electron chi connectivity index (χ4n) is 1.90. The number of ether oxygens (including phenoxy) is 1. The van der Waals surface area contributed by atoms with Crippen LogP contribution in [0, 0.1) is 11.8 Å². The van der Waals surface area contributed by atoms with E-state index in [1.807, 2.05) is 0 Å². The van der Waals surface area contributed by atoms with Gasteiger partial charge in [-0.25, -0.2) is 0 Å². The second-order valence-corrected chi connectivity index (χ2v) is 3.18. The van der Waals surface area contributed by atoms with Crippen molar-refractivity contribution in [2.45, 2.75) is 12.2 Å². The lowest BCUT2D eigenvalue weighted by Gasteiger charge is -2.16. The maximum Gasteiger partial charge on any atom is 0.310 e. The van der Waals surface area contributed by atoms with Crippen molar-refractivity contribution < 1.29 is 24.5 Å². The van der Waals surface area contributed by atoms with Gasteiger partial charge in [0, 0.05) is 0 Å². The summed E-state index contributed by atoms with van der Waals surface area (Å²) in [6, 6.07) is 0. The predicted octanol–water partition coefficient (Wildman–Crippen LogP) is -0.275. The van der Waals surface area contributed by atoms with Crippen LogP contribution in [-0.2, 0) is 14.3 Å². The van der Waals surface area contributed by atoms with Crippen LogP contribution in [0.3, 0.4) is 0 Å². The molecule has 0 unspecified atom stereocenters.